The first-order valence-corrected chi connectivity index (χ1v) is 7.95. The Kier molecular flexibility index (Phi) is 6.44. The number of rotatable bonds is 7. The van der Waals surface area contributed by atoms with Gasteiger partial charge in [0.2, 0.25) is 5.91 Å². The van der Waals surface area contributed by atoms with E-state index >= 15 is 0 Å². The van der Waals surface area contributed by atoms with Gasteiger partial charge in [0.15, 0.2) is 0 Å². The third-order valence-corrected chi connectivity index (χ3v) is 3.69. The lowest BCUT2D eigenvalue weighted by molar-refractivity contribution is -0.116. The van der Waals surface area contributed by atoms with Gasteiger partial charge in [-0.1, -0.05) is 23.7 Å². The maximum atomic E-state index is 11.9. The van der Waals surface area contributed by atoms with E-state index in [2.05, 4.69) is 10.6 Å². The minimum absolute atomic E-state index is 0.00575. The summed E-state index contributed by atoms with van der Waals surface area (Å²) in [6, 6.07) is 15.5. The maximum absolute atomic E-state index is 11.9. The molecule has 2 N–H and O–H groups in total. The summed E-state index contributed by atoms with van der Waals surface area (Å²) >= 11 is 5.84. The Morgan fingerprint density at radius 2 is 1.70 bits per heavy atom. The summed E-state index contributed by atoms with van der Waals surface area (Å²) in [5.41, 5.74) is 3.07. The van der Waals surface area contributed by atoms with Crippen LogP contribution in [-0.4, -0.2) is 26.5 Å². The highest BCUT2D eigenvalue weighted by molar-refractivity contribution is 6.30. The van der Waals surface area contributed by atoms with Crippen LogP contribution >= 0.6 is 11.6 Å². The number of nitrogens with one attached hydrogen (secondary N) is 2. The highest BCUT2D eigenvalue weighted by atomic mass is 35.5. The molecular weight excluding hydrogens is 310 g/mol. The fraction of sp³-hybridized carbons (Fsp3) is 0.278. The maximum Gasteiger partial charge on any atom is 0.225 e. The number of benzene rings is 2. The summed E-state index contributed by atoms with van der Waals surface area (Å²) in [7, 11) is 3.97. The molecule has 0 fully saturated rings. The average molecular weight is 332 g/mol. The SMILES string of the molecule is CN(C)c1ccc(NC(=O)CCNCc2ccc(Cl)cc2)cc1. The van der Waals surface area contributed by atoms with Crippen LogP contribution in [0.25, 0.3) is 0 Å². The zero-order valence-corrected chi connectivity index (χ0v) is 14.2. The normalized spacial score (nSPS) is 10.4. The Morgan fingerprint density at radius 1 is 1.04 bits per heavy atom. The van der Waals surface area contributed by atoms with Crippen LogP contribution in [0.3, 0.4) is 0 Å². The van der Waals surface area contributed by atoms with Gasteiger partial charge in [-0.2, -0.15) is 0 Å². The quantitative estimate of drug-likeness (QED) is 0.763. The van der Waals surface area contributed by atoms with E-state index in [1.54, 1.807) is 0 Å². The lowest BCUT2D eigenvalue weighted by Gasteiger charge is -2.13. The predicted octanol–water partition coefficient (Wildman–Crippen LogP) is 3.52. The molecule has 0 aromatic heterocycles. The molecule has 2 aromatic rings. The van der Waals surface area contributed by atoms with E-state index in [4.69, 9.17) is 11.6 Å². The second kappa shape index (κ2) is 8.56. The van der Waals surface area contributed by atoms with Crippen LogP contribution in [0.2, 0.25) is 5.02 Å². The van der Waals surface area contributed by atoms with Crippen molar-refractivity contribution in [3.8, 4) is 0 Å². The van der Waals surface area contributed by atoms with E-state index in [1.807, 2.05) is 67.5 Å². The molecule has 0 heterocycles. The van der Waals surface area contributed by atoms with Crippen LogP contribution in [-0.2, 0) is 11.3 Å². The van der Waals surface area contributed by atoms with Gasteiger partial charge in [-0.05, 0) is 42.0 Å². The van der Waals surface area contributed by atoms with Crippen LogP contribution in [0, 0.1) is 0 Å². The van der Waals surface area contributed by atoms with Crippen molar-refractivity contribution in [2.45, 2.75) is 13.0 Å². The number of hydrogen-bond acceptors (Lipinski definition) is 3. The minimum Gasteiger partial charge on any atom is -0.378 e. The van der Waals surface area contributed by atoms with E-state index < -0.39 is 0 Å². The lowest BCUT2D eigenvalue weighted by Crippen LogP contribution is -2.21. The summed E-state index contributed by atoms with van der Waals surface area (Å²) in [6.45, 7) is 1.35. The van der Waals surface area contributed by atoms with E-state index in [-0.39, 0.29) is 5.91 Å². The van der Waals surface area contributed by atoms with Crippen LogP contribution in [0.15, 0.2) is 48.5 Å². The van der Waals surface area contributed by atoms with Gasteiger partial charge in [-0.25, -0.2) is 0 Å². The molecule has 0 atom stereocenters. The largest absolute Gasteiger partial charge is 0.378 e. The van der Waals surface area contributed by atoms with Gasteiger partial charge in [0, 0.05) is 50.0 Å². The van der Waals surface area contributed by atoms with E-state index in [1.165, 1.54) is 0 Å². The van der Waals surface area contributed by atoms with Gasteiger partial charge in [-0.15, -0.1) is 0 Å². The number of halogens is 1. The fourth-order valence-electron chi connectivity index (χ4n) is 2.10. The Hall–Kier alpha value is -2.04. The molecule has 4 nitrogen and oxygen atoms in total. The summed E-state index contributed by atoms with van der Waals surface area (Å²) < 4.78 is 0. The van der Waals surface area contributed by atoms with Gasteiger partial charge in [-0.3, -0.25) is 4.79 Å². The molecule has 0 aliphatic rings. The first kappa shape index (κ1) is 17.3. The van der Waals surface area contributed by atoms with Crippen LogP contribution in [0.4, 0.5) is 11.4 Å². The number of carbonyl (C=O) groups is 1. The summed E-state index contributed by atoms with van der Waals surface area (Å²) in [5, 5.41) is 6.88. The van der Waals surface area contributed by atoms with E-state index in [9.17, 15) is 4.79 Å². The molecule has 0 aliphatic heterocycles. The van der Waals surface area contributed by atoms with Crippen molar-refractivity contribution in [2.75, 3.05) is 30.9 Å². The van der Waals surface area contributed by atoms with Crippen LogP contribution in [0.1, 0.15) is 12.0 Å². The third-order valence-electron chi connectivity index (χ3n) is 3.44. The van der Waals surface area contributed by atoms with E-state index in [0.717, 1.165) is 28.5 Å². The van der Waals surface area contributed by atoms with Crippen molar-refractivity contribution in [3.05, 3.63) is 59.1 Å². The molecule has 122 valence electrons. The second-order valence-corrected chi connectivity index (χ2v) is 5.98. The predicted molar refractivity (Wildman–Crippen MR) is 97.2 cm³/mol. The standard InChI is InChI=1S/C18H22ClN3O/c1-22(2)17-9-7-16(8-10-17)21-18(23)11-12-20-13-14-3-5-15(19)6-4-14/h3-10,20H,11-13H2,1-2H3,(H,21,23). The highest BCUT2D eigenvalue weighted by Crippen LogP contribution is 2.15. The van der Waals surface area contributed by atoms with Crippen molar-refractivity contribution in [1.82, 2.24) is 5.32 Å². The molecule has 0 saturated heterocycles. The fourth-order valence-corrected chi connectivity index (χ4v) is 2.23. The van der Waals surface area contributed by atoms with Gasteiger partial charge in [0.05, 0.1) is 0 Å². The highest BCUT2D eigenvalue weighted by Gasteiger charge is 2.03. The van der Waals surface area contributed by atoms with Crippen molar-refractivity contribution in [3.63, 3.8) is 0 Å². The molecule has 0 bridgehead atoms. The monoisotopic (exact) mass is 331 g/mol. The molecule has 0 saturated carbocycles. The Morgan fingerprint density at radius 3 is 2.30 bits per heavy atom. The third kappa shape index (κ3) is 5.93. The first-order valence-electron chi connectivity index (χ1n) is 7.57. The Balaban J connectivity index is 1.69. The summed E-state index contributed by atoms with van der Waals surface area (Å²) in [6.07, 6.45) is 0.434. The topological polar surface area (TPSA) is 44.4 Å². The molecule has 0 radical (unpaired) electrons. The molecule has 0 aliphatic carbocycles. The molecule has 23 heavy (non-hydrogen) atoms. The number of hydrogen-bond donors (Lipinski definition) is 2. The molecule has 1 amide bonds. The molecular formula is C18H22ClN3O. The smallest absolute Gasteiger partial charge is 0.225 e. The number of amides is 1. The number of carbonyl (C=O) groups excluding carboxylic acids is 1. The minimum atomic E-state index is 0.00575. The molecule has 5 heteroatoms. The van der Waals surface area contributed by atoms with Crippen molar-refractivity contribution < 1.29 is 4.79 Å². The zero-order valence-electron chi connectivity index (χ0n) is 13.5. The number of nitrogens with zero attached hydrogens (tertiary/aromatic N) is 1. The first-order chi connectivity index (χ1) is 11.0. The van der Waals surface area contributed by atoms with Gasteiger partial charge in [0.25, 0.3) is 0 Å². The van der Waals surface area contributed by atoms with Gasteiger partial charge >= 0.3 is 0 Å². The molecule has 2 rings (SSSR count). The Bertz CT molecular complexity index is 624. The molecule has 0 unspecified atom stereocenters. The summed E-state index contributed by atoms with van der Waals surface area (Å²) in [4.78, 5) is 13.9. The summed E-state index contributed by atoms with van der Waals surface area (Å²) in [5.74, 6) is 0.00575. The van der Waals surface area contributed by atoms with Gasteiger partial charge in [0.1, 0.15) is 0 Å². The zero-order chi connectivity index (χ0) is 16.7. The van der Waals surface area contributed by atoms with Crippen LogP contribution < -0.4 is 15.5 Å². The molecule has 2 aromatic carbocycles. The van der Waals surface area contributed by atoms with Crippen molar-refractivity contribution in [1.29, 1.82) is 0 Å². The Labute approximate surface area is 142 Å². The average Bonchev–Trinajstić information content (AvgIpc) is 2.54. The lowest BCUT2D eigenvalue weighted by atomic mass is 10.2. The van der Waals surface area contributed by atoms with Gasteiger partial charge < -0.3 is 15.5 Å². The van der Waals surface area contributed by atoms with Crippen molar-refractivity contribution in [2.24, 2.45) is 0 Å². The van der Waals surface area contributed by atoms with Crippen molar-refractivity contribution >= 4 is 28.9 Å². The van der Waals surface area contributed by atoms with Crippen LogP contribution in [0.5, 0.6) is 0 Å². The van der Waals surface area contributed by atoms with E-state index in [0.29, 0.717) is 13.0 Å². The molecule has 0 spiro atoms. The second-order valence-electron chi connectivity index (χ2n) is 5.54. The number of anilines is 2.